The van der Waals surface area contributed by atoms with Crippen molar-refractivity contribution in [1.82, 2.24) is 19.1 Å². The molecule has 0 saturated carbocycles. The first-order chi connectivity index (χ1) is 12.8. The minimum atomic E-state index is -3.68. The van der Waals surface area contributed by atoms with Gasteiger partial charge in [-0.15, -0.1) is 0 Å². The van der Waals surface area contributed by atoms with Crippen LogP contribution >= 0.6 is 11.6 Å². The quantitative estimate of drug-likeness (QED) is 0.701. The molecular weight excluding hydrogens is 388 g/mol. The lowest BCUT2D eigenvalue weighted by molar-refractivity contribution is -0.138. The summed E-state index contributed by atoms with van der Waals surface area (Å²) in [7, 11) is 0.415. The Bertz CT molecular complexity index is 779. The predicted octanol–water partition coefficient (Wildman–Crippen LogP) is 1.69. The van der Waals surface area contributed by atoms with Gasteiger partial charge in [-0.1, -0.05) is 11.6 Å². The van der Waals surface area contributed by atoms with Gasteiger partial charge in [0, 0.05) is 44.3 Å². The van der Waals surface area contributed by atoms with Gasteiger partial charge >= 0.3 is 0 Å². The standard InChI is InChI=1S/C18H27ClN4O3S/c1-21(2)15-5-4-10-22(13-15)18(24)14-7-11-23(12-8-14)27(25,26)16-6-3-9-20-17(16)19/h3,6,9,14-15H,4-5,7-8,10-13H2,1-2H3. The maximum Gasteiger partial charge on any atom is 0.246 e. The third-order valence-corrected chi connectivity index (χ3v) is 7.93. The molecule has 1 atom stereocenters. The highest BCUT2D eigenvalue weighted by atomic mass is 35.5. The summed E-state index contributed by atoms with van der Waals surface area (Å²) in [6.45, 7) is 2.21. The topological polar surface area (TPSA) is 73.8 Å². The minimum absolute atomic E-state index is 0.0151. The van der Waals surface area contributed by atoms with Crippen molar-refractivity contribution in [3.63, 3.8) is 0 Å². The van der Waals surface area contributed by atoms with Crippen LogP contribution < -0.4 is 0 Å². The van der Waals surface area contributed by atoms with Crippen LogP contribution in [-0.2, 0) is 14.8 Å². The van der Waals surface area contributed by atoms with Gasteiger partial charge in [-0.05, 0) is 51.9 Å². The minimum Gasteiger partial charge on any atom is -0.341 e. The molecule has 1 amide bonds. The Hall–Kier alpha value is -1.22. The second-order valence-corrected chi connectivity index (χ2v) is 9.78. The summed E-state index contributed by atoms with van der Waals surface area (Å²) in [5.74, 6) is 0.0553. The molecule has 2 aliphatic heterocycles. The number of rotatable bonds is 4. The van der Waals surface area contributed by atoms with Gasteiger partial charge in [-0.25, -0.2) is 13.4 Å². The van der Waals surface area contributed by atoms with Crippen molar-refractivity contribution in [1.29, 1.82) is 0 Å². The molecule has 0 N–H and O–H groups in total. The van der Waals surface area contributed by atoms with E-state index in [-0.39, 0.29) is 21.9 Å². The normalized spacial score (nSPS) is 23.0. The average Bonchev–Trinajstić information content (AvgIpc) is 2.68. The number of sulfonamides is 1. The van der Waals surface area contributed by atoms with E-state index in [1.807, 2.05) is 19.0 Å². The number of carbonyl (C=O) groups excluding carboxylic acids is 1. The van der Waals surface area contributed by atoms with E-state index < -0.39 is 10.0 Å². The van der Waals surface area contributed by atoms with Crippen LogP contribution in [-0.4, -0.2) is 79.7 Å². The smallest absolute Gasteiger partial charge is 0.246 e. The molecule has 2 fully saturated rings. The molecule has 2 aliphatic rings. The molecule has 0 radical (unpaired) electrons. The van der Waals surface area contributed by atoms with Crippen LogP contribution in [0.2, 0.25) is 5.15 Å². The molecule has 3 rings (SSSR count). The zero-order valence-corrected chi connectivity index (χ0v) is 17.4. The third kappa shape index (κ3) is 4.45. The highest BCUT2D eigenvalue weighted by Crippen LogP contribution is 2.28. The van der Waals surface area contributed by atoms with Gasteiger partial charge in [0.1, 0.15) is 10.0 Å². The third-order valence-electron chi connectivity index (χ3n) is 5.58. The predicted molar refractivity (Wildman–Crippen MR) is 104 cm³/mol. The first-order valence-corrected chi connectivity index (χ1v) is 11.2. The summed E-state index contributed by atoms with van der Waals surface area (Å²) in [5.41, 5.74) is 0. The number of amides is 1. The van der Waals surface area contributed by atoms with Crippen LogP contribution in [0.5, 0.6) is 0 Å². The second-order valence-electron chi connectivity index (χ2n) is 7.51. The number of pyridine rings is 1. The second kappa shape index (κ2) is 8.43. The van der Waals surface area contributed by atoms with Crippen molar-refractivity contribution in [2.45, 2.75) is 36.6 Å². The number of aromatic nitrogens is 1. The van der Waals surface area contributed by atoms with Crippen LogP contribution in [0.4, 0.5) is 0 Å². The Balaban J connectivity index is 1.62. The van der Waals surface area contributed by atoms with E-state index in [9.17, 15) is 13.2 Å². The van der Waals surface area contributed by atoms with E-state index >= 15 is 0 Å². The van der Waals surface area contributed by atoms with Crippen molar-refractivity contribution in [2.24, 2.45) is 5.92 Å². The fraction of sp³-hybridized carbons (Fsp3) is 0.667. The van der Waals surface area contributed by atoms with Crippen LogP contribution in [0.1, 0.15) is 25.7 Å². The molecule has 27 heavy (non-hydrogen) atoms. The number of hydrogen-bond donors (Lipinski definition) is 0. The maximum absolute atomic E-state index is 12.9. The van der Waals surface area contributed by atoms with E-state index in [1.54, 1.807) is 6.07 Å². The Labute approximate surface area is 166 Å². The van der Waals surface area contributed by atoms with E-state index in [1.165, 1.54) is 16.6 Å². The highest BCUT2D eigenvalue weighted by Gasteiger charge is 2.36. The largest absolute Gasteiger partial charge is 0.341 e. The Morgan fingerprint density at radius 3 is 2.56 bits per heavy atom. The van der Waals surface area contributed by atoms with E-state index in [2.05, 4.69) is 9.88 Å². The summed E-state index contributed by atoms with van der Waals surface area (Å²) < 4.78 is 27.0. The number of halogens is 1. The molecule has 1 aromatic heterocycles. The lowest BCUT2D eigenvalue weighted by Crippen LogP contribution is -2.51. The average molecular weight is 415 g/mol. The molecule has 3 heterocycles. The number of likely N-dealkylation sites (N-methyl/N-ethyl adjacent to an activating group) is 1. The monoisotopic (exact) mass is 414 g/mol. The van der Waals surface area contributed by atoms with Gasteiger partial charge in [0.05, 0.1) is 0 Å². The number of likely N-dealkylation sites (tertiary alicyclic amines) is 1. The molecule has 0 bridgehead atoms. The van der Waals surface area contributed by atoms with Crippen molar-refractivity contribution in [2.75, 3.05) is 40.3 Å². The summed E-state index contributed by atoms with van der Waals surface area (Å²) >= 11 is 5.97. The van der Waals surface area contributed by atoms with Crippen LogP contribution in [0.15, 0.2) is 23.2 Å². The van der Waals surface area contributed by atoms with E-state index in [0.29, 0.717) is 32.0 Å². The summed E-state index contributed by atoms with van der Waals surface area (Å²) in [6.07, 6.45) is 4.67. The molecular formula is C18H27ClN4O3S. The molecule has 0 aliphatic carbocycles. The van der Waals surface area contributed by atoms with Crippen LogP contribution in [0.3, 0.4) is 0 Å². The van der Waals surface area contributed by atoms with Gasteiger partial charge in [-0.2, -0.15) is 4.31 Å². The molecule has 0 spiro atoms. The van der Waals surface area contributed by atoms with Crippen molar-refractivity contribution in [3.05, 3.63) is 23.5 Å². The van der Waals surface area contributed by atoms with Gasteiger partial charge in [-0.3, -0.25) is 4.79 Å². The first-order valence-electron chi connectivity index (χ1n) is 9.36. The molecule has 150 valence electrons. The zero-order valence-electron chi connectivity index (χ0n) is 15.8. The SMILES string of the molecule is CN(C)C1CCCN(C(=O)C2CCN(S(=O)(=O)c3cccnc3Cl)CC2)C1. The van der Waals surface area contributed by atoms with Crippen molar-refractivity contribution in [3.8, 4) is 0 Å². The fourth-order valence-electron chi connectivity index (χ4n) is 3.88. The first kappa shape index (κ1) is 20.5. The van der Waals surface area contributed by atoms with Crippen molar-refractivity contribution < 1.29 is 13.2 Å². The van der Waals surface area contributed by atoms with Gasteiger partial charge in [0.2, 0.25) is 15.9 Å². The molecule has 7 nitrogen and oxygen atoms in total. The van der Waals surface area contributed by atoms with Gasteiger partial charge in [0.15, 0.2) is 0 Å². The Kier molecular flexibility index (Phi) is 6.40. The molecule has 9 heteroatoms. The Morgan fingerprint density at radius 1 is 1.22 bits per heavy atom. The maximum atomic E-state index is 12.9. The molecule has 2 saturated heterocycles. The number of carbonyl (C=O) groups is 1. The summed E-state index contributed by atoms with van der Waals surface area (Å²) in [5, 5.41) is -0.0151. The zero-order chi connectivity index (χ0) is 19.6. The Morgan fingerprint density at radius 2 is 1.93 bits per heavy atom. The summed E-state index contributed by atoms with van der Waals surface area (Å²) in [4.78, 5) is 20.9. The van der Waals surface area contributed by atoms with Crippen LogP contribution in [0, 0.1) is 5.92 Å². The molecule has 1 aromatic rings. The van der Waals surface area contributed by atoms with E-state index in [4.69, 9.17) is 11.6 Å². The number of nitrogens with zero attached hydrogens (tertiary/aromatic N) is 4. The van der Waals surface area contributed by atoms with E-state index in [0.717, 1.165) is 25.9 Å². The number of piperidine rings is 2. The molecule has 0 aromatic carbocycles. The molecule has 1 unspecified atom stereocenters. The summed E-state index contributed by atoms with van der Waals surface area (Å²) in [6, 6.07) is 3.43. The lowest BCUT2D eigenvalue weighted by Gasteiger charge is -2.39. The lowest BCUT2D eigenvalue weighted by atomic mass is 9.94. The number of hydrogen-bond acceptors (Lipinski definition) is 5. The fourth-order valence-corrected chi connectivity index (χ4v) is 5.78. The van der Waals surface area contributed by atoms with Gasteiger partial charge in [0.25, 0.3) is 0 Å². The highest BCUT2D eigenvalue weighted by molar-refractivity contribution is 7.89. The van der Waals surface area contributed by atoms with Crippen molar-refractivity contribution >= 4 is 27.5 Å². The van der Waals surface area contributed by atoms with Crippen LogP contribution in [0.25, 0.3) is 0 Å². The van der Waals surface area contributed by atoms with Gasteiger partial charge < -0.3 is 9.80 Å².